The van der Waals surface area contributed by atoms with Gasteiger partial charge in [0.15, 0.2) is 0 Å². The van der Waals surface area contributed by atoms with Gasteiger partial charge in [-0.25, -0.2) is 0 Å². The van der Waals surface area contributed by atoms with Gasteiger partial charge in [0.05, 0.1) is 16.8 Å². The van der Waals surface area contributed by atoms with E-state index in [0.29, 0.717) is 11.1 Å². The molecule has 3 saturated heterocycles. The van der Waals surface area contributed by atoms with Crippen LogP contribution in [-0.2, 0) is 9.59 Å². The first-order valence-electron chi connectivity index (χ1n) is 10.3. The minimum atomic E-state index is -0.928. The zero-order valence-electron chi connectivity index (χ0n) is 16.6. The van der Waals surface area contributed by atoms with Crippen molar-refractivity contribution in [2.45, 2.75) is 38.1 Å². The Morgan fingerprint density at radius 3 is 2.50 bits per heavy atom. The molecule has 30 heavy (non-hydrogen) atoms. The van der Waals surface area contributed by atoms with Crippen LogP contribution in [0.1, 0.15) is 52.8 Å². The first-order valence-corrected chi connectivity index (χ1v) is 10.3. The Labute approximate surface area is 180 Å². The van der Waals surface area contributed by atoms with Gasteiger partial charge < -0.3 is 10.2 Å². The van der Waals surface area contributed by atoms with Gasteiger partial charge in [0.1, 0.15) is 6.04 Å². The molecule has 8 nitrogen and oxygen atoms in total. The van der Waals surface area contributed by atoms with Gasteiger partial charge in [0, 0.05) is 19.5 Å². The van der Waals surface area contributed by atoms with Crippen LogP contribution in [0.2, 0.25) is 0 Å². The van der Waals surface area contributed by atoms with Gasteiger partial charge in [-0.2, -0.15) is 0 Å². The van der Waals surface area contributed by atoms with Crippen molar-refractivity contribution in [3.05, 3.63) is 29.3 Å². The molecule has 0 aliphatic carbocycles. The van der Waals surface area contributed by atoms with Crippen molar-refractivity contribution in [1.82, 2.24) is 15.5 Å². The molecule has 1 atom stereocenters. The molecule has 4 aliphatic rings. The average molecular weight is 433 g/mol. The number of anilines is 1. The lowest BCUT2D eigenvalue weighted by Crippen LogP contribution is -2.54. The smallest absolute Gasteiger partial charge is 0.264 e. The van der Waals surface area contributed by atoms with Crippen LogP contribution in [-0.4, -0.2) is 60.7 Å². The summed E-state index contributed by atoms with van der Waals surface area (Å²) >= 11 is 0. The molecule has 1 spiro atoms. The molecule has 1 aromatic rings. The minimum Gasteiger partial charge on any atom is -0.370 e. The van der Waals surface area contributed by atoms with E-state index in [1.54, 1.807) is 12.1 Å². The number of fused-ring (bicyclic) bond motifs is 1. The number of nitrogens with one attached hydrogen (secondary N) is 2. The van der Waals surface area contributed by atoms with Crippen LogP contribution >= 0.6 is 12.4 Å². The molecule has 4 aliphatic heterocycles. The fraction of sp³-hybridized carbons (Fsp3) is 0.524. The number of nitrogens with zero attached hydrogens (tertiary/aromatic N) is 2. The van der Waals surface area contributed by atoms with E-state index in [1.165, 1.54) is 0 Å². The normalized spacial score (nSPS) is 25.4. The molecule has 4 heterocycles. The topological polar surface area (TPSA) is 98.8 Å². The Balaban J connectivity index is 0.00000218. The van der Waals surface area contributed by atoms with E-state index >= 15 is 0 Å². The minimum absolute atomic E-state index is 0. The molecule has 0 bridgehead atoms. The summed E-state index contributed by atoms with van der Waals surface area (Å²) in [6.07, 6.45) is 3.61. The fourth-order valence-electron chi connectivity index (χ4n) is 5.27. The highest BCUT2D eigenvalue weighted by Gasteiger charge is 2.47. The van der Waals surface area contributed by atoms with E-state index < -0.39 is 23.8 Å². The molecule has 2 N–H and O–H groups in total. The number of hydrogen-bond acceptors (Lipinski definition) is 6. The van der Waals surface area contributed by atoms with Gasteiger partial charge in [-0.1, -0.05) is 6.07 Å². The number of rotatable bonds is 2. The van der Waals surface area contributed by atoms with E-state index in [-0.39, 0.29) is 36.6 Å². The van der Waals surface area contributed by atoms with Crippen molar-refractivity contribution in [1.29, 1.82) is 0 Å². The van der Waals surface area contributed by atoms with Crippen LogP contribution in [0.15, 0.2) is 18.2 Å². The van der Waals surface area contributed by atoms with Crippen molar-refractivity contribution >= 4 is 41.7 Å². The Hall–Kier alpha value is -2.45. The maximum atomic E-state index is 13.3. The number of carbonyl (C=O) groups excluding carboxylic acids is 4. The van der Waals surface area contributed by atoms with Crippen molar-refractivity contribution in [3.63, 3.8) is 0 Å². The monoisotopic (exact) mass is 432 g/mol. The summed E-state index contributed by atoms with van der Waals surface area (Å²) in [4.78, 5) is 53.3. The van der Waals surface area contributed by atoms with E-state index in [2.05, 4.69) is 15.5 Å². The van der Waals surface area contributed by atoms with Crippen molar-refractivity contribution in [2.24, 2.45) is 5.41 Å². The van der Waals surface area contributed by atoms with Gasteiger partial charge in [0.2, 0.25) is 11.8 Å². The third-order valence-electron chi connectivity index (χ3n) is 6.89. The van der Waals surface area contributed by atoms with Gasteiger partial charge in [-0.05, 0) is 56.3 Å². The zero-order chi connectivity index (χ0) is 20.2. The standard InChI is InChI=1S/C21H24N4O4.ClH/c26-16-5-4-15(18(27)23-16)25-19(28)13-2-1-3-14(17(13)20(25)29)24-11-8-21(12-24)6-9-22-10-7-21;/h1-3,15,22H,4-12H2,(H,23,26,27);1H. The third-order valence-corrected chi connectivity index (χ3v) is 6.89. The summed E-state index contributed by atoms with van der Waals surface area (Å²) < 4.78 is 0. The first kappa shape index (κ1) is 20.8. The van der Waals surface area contributed by atoms with Gasteiger partial charge >= 0.3 is 0 Å². The quantitative estimate of drug-likeness (QED) is 0.679. The number of piperidine rings is 2. The summed E-state index contributed by atoms with van der Waals surface area (Å²) in [5, 5.41) is 5.65. The second-order valence-corrected chi connectivity index (χ2v) is 8.57. The number of amides is 4. The summed E-state index contributed by atoms with van der Waals surface area (Å²) in [5.41, 5.74) is 1.80. The number of imide groups is 2. The predicted octanol–water partition coefficient (Wildman–Crippen LogP) is 1.09. The molecule has 160 valence electrons. The number of hydrogen-bond donors (Lipinski definition) is 2. The maximum Gasteiger partial charge on any atom is 0.264 e. The molecule has 3 fully saturated rings. The van der Waals surface area contributed by atoms with Crippen LogP contribution in [0.25, 0.3) is 0 Å². The molecular formula is C21H25ClN4O4. The first-order chi connectivity index (χ1) is 14.0. The molecule has 0 aromatic heterocycles. The highest BCUT2D eigenvalue weighted by molar-refractivity contribution is 6.25. The summed E-state index contributed by atoms with van der Waals surface area (Å²) in [6.45, 7) is 3.77. The third kappa shape index (κ3) is 3.18. The van der Waals surface area contributed by atoms with Gasteiger partial charge in [-0.15, -0.1) is 12.4 Å². The zero-order valence-corrected chi connectivity index (χ0v) is 17.4. The highest BCUT2D eigenvalue weighted by Crippen LogP contribution is 2.43. The van der Waals surface area contributed by atoms with Crippen molar-refractivity contribution in [2.75, 3.05) is 31.1 Å². The Bertz CT molecular complexity index is 928. The Kier molecular flexibility index (Phi) is 5.32. The fourth-order valence-corrected chi connectivity index (χ4v) is 5.27. The molecule has 1 aromatic carbocycles. The molecule has 9 heteroatoms. The van der Waals surface area contributed by atoms with Crippen LogP contribution in [0.3, 0.4) is 0 Å². The average Bonchev–Trinajstić information content (AvgIpc) is 3.23. The lowest BCUT2D eigenvalue weighted by Gasteiger charge is -2.34. The van der Waals surface area contributed by atoms with Crippen molar-refractivity contribution in [3.8, 4) is 0 Å². The highest BCUT2D eigenvalue weighted by atomic mass is 35.5. The Morgan fingerprint density at radius 2 is 1.77 bits per heavy atom. The van der Waals surface area contributed by atoms with Gasteiger partial charge in [0.25, 0.3) is 11.8 Å². The van der Waals surface area contributed by atoms with Crippen molar-refractivity contribution < 1.29 is 19.2 Å². The van der Waals surface area contributed by atoms with Crippen LogP contribution in [0.5, 0.6) is 0 Å². The second-order valence-electron chi connectivity index (χ2n) is 8.57. The van der Waals surface area contributed by atoms with E-state index in [9.17, 15) is 19.2 Å². The molecule has 0 saturated carbocycles. The molecule has 4 amide bonds. The van der Waals surface area contributed by atoms with E-state index in [0.717, 1.165) is 56.0 Å². The van der Waals surface area contributed by atoms with E-state index in [4.69, 9.17) is 0 Å². The van der Waals surface area contributed by atoms with E-state index in [1.807, 2.05) is 6.07 Å². The molecular weight excluding hydrogens is 408 g/mol. The lowest BCUT2D eigenvalue weighted by atomic mass is 9.78. The number of halogens is 1. The summed E-state index contributed by atoms with van der Waals surface area (Å²) in [6, 6.07) is 4.43. The maximum absolute atomic E-state index is 13.3. The largest absolute Gasteiger partial charge is 0.370 e. The van der Waals surface area contributed by atoms with Crippen LogP contribution in [0, 0.1) is 5.41 Å². The summed E-state index contributed by atoms with van der Waals surface area (Å²) in [5.74, 6) is -1.82. The summed E-state index contributed by atoms with van der Waals surface area (Å²) in [7, 11) is 0. The SMILES string of the molecule is Cl.O=C1CCC(N2C(=O)c3cccc(N4CCC5(CCNCC5)C4)c3C2=O)C(=O)N1. The predicted molar refractivity (Wildman–Crippen MR) is 112 cm³/mol. The van der Waals surface area contributed by atoms with Crippen LogP contribution < -0.4 is 15.5 Å². The molecule has 5 rings (SSSR count). The van der Waals surface area contributed by atoms with Crippen LogP contribution in [0.4, 0.5) is 5.69 Å². The Morgan fingerprint density at radius 1 is 1.00 bits per heavy atom. The number of carbonyl (C=O) groups is 4. The van der Waals surface area contributed by atoms with Gasteiger partial charge in [-0.3, -0.25) is 29.4 Å². The molecule has 1 unspecified atom stereocenters. The molecule has 0 radical (unpaired) electrons. The second kappa shape index (κ2) is 7.67. The number of benzene rings is 1. The lowest BCUT2D eigenvalue weighted by molar-refractivity contribution is -0.136.